The van der Waals surface area contributed by atoms with Gasteiger partial charge in [0.15, 0.2) is 6.23 Å². The molecular formula is C24H18BrNO. The second-order valence-electron chi connectivity index (χ2n) is 6.76. The van der Waals surface area contributed by atoms with Gasteiger partial charge in [0.25, 0.3) is 0 Å². The third-order valence-electron chi connectivity index (χ3n) is 5.07. The second kappa shape index (κ2) is 6.84. The smallest absolute Gasteiger partial charge is 0.177 e. The average Bonchev–Trinajstić information content (AvgIpc) is 2.74. The summed E-state index contributed by atoms with van der Waals surface area (Å²) >= 11 is 3.58. The Morgan fingerprint density at radius 1 is 0.741 bits per heavy atom. The lowest BCUT2D eigenvalue weighted by molar-refractivity contribution is 0.134. The first-order chi connectivity index (χ1) is 13.3. The van der Waals surface area contributed by atoms with E-state index in [1.165, 1.54) is 21.9 Å². The molecule has 0 amide bonds. The molecule has 0 radical (unpaired) electrons. The largest absolute Gasteiger partial charge is 0.471 e. The van der Waals surface area contributed by atoms with Crippen LogP contribution in [0.25, 0.3) is 10.8 Å². The first-order valence-electron chi connectivity index (χ1n) is 9.04. The van der Waals surface area contributed by atoms with E-state index in [1.807, 2.05) is 18.2 Å². The van der Waals surface area contributed by atoms with E-state index in [1.54, 1.807) is 0 Å². The average molecular weight is 416 g/mol. The van der Waals surface area contributed by atoms with Gasteiger partial charge in [0.2, 0.25) is 0 Å². The molecule has 0 saturated heterocycles. The molecule has 1 aliphatic heterocycles. The molecule has 27 heavy (non-hydrogen) atoms. The highest BCUT2D eigenvalue weighted by Crippen LogP contribution is 2.42. The maximum atomic E-state index is 6.39. The van der Waals surface area contributed by atoms with E-state index in [-0.39, 0.29) is 12.3 Å². The summed E-state index contributed by atoms with van der Waals surface area (Å²) in [5.41, 5.74) is 3.55. The Kier molecular flexibility index (Phi) is 4.19. The molecule has 3 heteroatoms. The van der Waals surface area contributed by atoms with Crippen LogP contribution in [0.2, 0.25) is 0 Å². The summed E-state index contributed by atoms with van der Waals surface area (Å²) < 4.78 is 7.47. The highest BCUT2D eigenvalue weighted by molar-refractivity contribution is 9.10. The lowest BCUT2D eigenvalue weighted by Gasteiger charge is -2.35. The SMILES string of the molecule is Brc1ccc2c3c(ccc2c1)O[C@H](c1ccccc1)N[C@@H]3c1ccccc1. The molecule has 0 spiro atoms. The Balaban J connectivity index is 1.71. The van der Waals surface area contributed by atoms with Crippen molar-refractivity contribution in [3.05, 3.63) is 112 Å². The molecule has 4 aromatic rings. The molecule has 2 nitrogen and oxygen atoms in total. The monoisotopic (exact) mass is 415 g/mol. The zero-order chi connectivity index (χ0) is 18.2. The Morgan fingerprint density at radius 2 is 1.44 bits per heavy atom. The summed E-state index contributed by atoms with van der Waals surface area (Å²) in [5.74, 6) is 0.936. The van der Waals surface area contributed by atoms with Gasteiger partial charge >= 0.3 is 0 Å². The molecule has 5 rings (SSSR count). The fourth-order valence-corrected chi connectivity index (χ4v) is 4.18. The van der Waals surface area contributed by atoms with Gasteiger partial charge in [0, 0.05) is 15.6 Å². The topological polar surface area (TPSA) is 21.3 Å². The minimum Gasteiger partial charge on any atom is -0.471 e. The molecule has 0 aliphatic carbocycles. The highest BCUT2D eigenvalue weighted by Gasteiger charge is 2.31. The van der Waals surface area contributed by atoms with Crippen LogP contribution in [0, 0.1) is 0 Å². The summed E-state index contributed by atoms with van der Waals surface area (Å²) in [4.78, 5) is 0. The van der Waals surface area contributed by atoms with Crippen LogP contribution in [0.1, 0.15) is 29.0 Å². The molecule has 0 bridgehead atoms. The summed E-state index contributed by atoms with van der Waals surface area (Å²) in [6.07, 6.45) is -0.184. The number of nitrogens with one attached hydrogen (secondary N) is 1. The lowest BCUT2D eigenvalue weighted by Crippen LogP contribution is -2.35. The van der Waals surface area contributed by atoms with Gasteiger partial charge in [-0.2, -0.15) is 0 Å². The van der Waals surface area contributed by atoms with Gasteiger partial charge in [-0.3, -0.25) is 5.32 Å². The summed E-state index contributed by atoms with van der Waals surface area (Å²) in [6, 6.07) is 31.6. The zero-order valence-electron chi connectivity index (χ0n) is 14.6. The number of fused-ring (bicyclic) bond motifs is 3. The van der Waals surface area contributed by atoms with Crippen molar-refractivity contribution in [2.24, 2.45) is 0 Å². The van der Waals surface area contributed by atoms with E-state index < -0.39 is 0 Å². The Labute approximate surface area is 166 Å². The van der Waals surface area contributed by atoms with E-state index in [2.05, 4.69) is 94.0 Å². The number of halogens is 1. The summed E-state index contributed by atoms with van der Waals surface area (Å²) in [6.45, 7) is 0. The van der Waals surface area contributed by atoms with Crippen molar-refractivity contribution in [2.75, 3.05) is 0 Å². The van der Waals surface area contributed by atoms with E-state index in [4.69, 9.17) is 4.74 Å². The quantitative estimate of drug-likeness (QED) is 0.410. The van der Waals surface area contributed by atoms with E-state index in [0.29, 0.717) is 0 Å². The molecule has 0 fully saturated rings. The first kappa shape index (κ1) is 16.5. The van der Waals surface area contributed by atoms with Crippen LogP contribution in [0.4, 0.5) is 0 Å². The van der Waals surface area contributed by atoms with Crippen molar-refractivity contribution in [3.8, 4) is 5.75 Å². The molecule has 4 aromatic carbocycles. The molecule has 0 saturated carbocycles. The van der Waals surface area contributed by atoms with Crippen LogP contribution < -0.4 is 10.1 Å². The van der Waals surface area contributed by atoms with Crippen LogP contribution in [0.3, 0.4) is 0 Å². The Hall–Kier alpha value is -2.62. The standard InChI is InChI=1S/C24H18BrNO/c25-19-12-13-20-18(15-19)11-14-21-22(20)23(16-7-3-1-4-8-16)26-24(27-21)17-9-5-2-6-10-17/h1-15,23-24,26H/t23-,24-/m1/s1. The minimum absolute atomic E-state index is 0.0602. The molecule has 0 unspecified atom stereocenters. The molecule has 1 heterocycles. The van der Waals surface area contributed by atoms with Crippen molar-refractivity contribution >= 4 is 26.7 Å². The van der Waals surface area contributed by atoms with Crippen LogP contribution in [-0.2, 0) is 0 Å². The maximum Gasteiger partial charge on any atom is 0.177 e. The minimum atomic E-state index is -0.184. The van der Waals surface area contributed by atoms with E-state index >= 15 is 0 Å². The van der Waals surface area contributed by atoms with Gasteiger partial charge < -0.3 is 4.74 Å². The predicted octanol–water partition coefficient (Wildman–Crippen LogP) is 6.37. The third kappa shape index (κ3) is 3.03. The van der Waals surface area contributed by atoms with Crippen LogP contribution >= 0.6 is 15.9 Å². The molecular weight excluding hydrogens is 398 g/mol. The number of hydrogen-bond acceptors (Lipinski definition) is 2. The third-order valence-corrected chi connectivity index (χ3v) is 5.56. The van der Waals surface area contributed by atoms with Crippen molar-refractivity contribution in [2.45, 2.75) is 12.3 Å². The number of benzene rings is 4. The second-order valence-corrected chi connectivity index (χ2v) is 7.68. The molecule has 1 aliphatic rings. The fourth-order valence-electron chi connectivity index (χ4n) is 3.80. The van der Waals surface area contributed by atoms with Crippen molar-refractivity contribution in [1.82, 2.24) is 5.32 Å². The Bertz CT molecular complexity index is 1100. The van der Waals surface area contributed by atoms with Crippen LogP contribution in [0.15, 0.2) is 95.5 Å². The normalized spacial score (nSPS) is 18.7. The van der Waals surface area contributed by atoms with E-state index in [0.717, 1.165) is 15.8 Å². The van der Waals surface area contributed by atoms with E-state index in [9.17, 15) is 0 Å². The first-order valence-corrected chi connectivity index (χ1v) is 9.84. The number of rotatable bonds is 2. The van der Waals surface area contributed by atoms with Gasteiger partial charge in [-0.1, -0.05) is 88.7 Å². The summed E-state index contributed by atoms with van der Waals surface area (Å²) in [7, 11) is 0. The Morgan fingerprint density at radius 3 is 2.19 bits per heavy atom. The molecule has 132 valence electrons. The molecule has 2 atom stereocenters. The number of ether oxygens (including phenoxy) is 1. The van der Waals surface area contributed by atoms with Gasteiger partial charge in [0.05, 0.1) is 6.04 Å². The van der Waals surface area contributed by atoms with Crippen molar-refractivity contribution < 1.29 is 4.74 Å². The van der Waals surface area contributed by atoms with Gasteiger partial charge in [0.1, 0.15) is 5.75 Å². The zero-order valence-corrected chi connectivity index (χ0v) is 16.2. The fraction of sp³-hybridized carbons (Fsp3) is 0.0833. The number of hydrogen-bond donors (Lipinski definition) is 1. The summed E-state index contributed by atoms with van der Waals surface area (Å²) in [5, 5.41) is 6.13. The van der Waals surface area contributed by atoms with Gasteiger partial charge in [-0.15, -0.1) is 0 Å². The van der Waals surface area contributed by atoms with Gasteiger partial charge in [-0.05, 0) is 34.5 Å². The predicted molar refractivity (Wildman–Crippen MR) is 113 cm³/mol. The maximum absolute atomic E-state index is 6.39. The lowest BCUT2D eigenvalue weighted by atomic mass is 9.91. The highest BCUT2D eigenvalue weighted by atomic mass is 79.9. The molecule has 0 aromatic heterocycles. The van der Waals surface area contributed by atoms with Crippen LogP contribution in [-0.4, -0.2) is 0 Å². The van der Waals surface area contributed by atoms with Crippen LogP contribution in [0.5, 0.6) is 5.75 Å². The van der Waals surface area contributed by atoms with Crippen molar-refractivity contribution in [3.63, 3.8) is 0 Å². The van der Waals surface area contributed by atoms with Gasteiger partial charge in [-0.25, -0.2) is 0 Å². The van der Waals surface area contributed by atoms with Crippen molar-refractivity contribution in [1.29, 1.82) is 0 Å². The molecule has 1 N–H and O–H groups in total.